The molecule has 0 aromatic heterocycles. The van der Waals surface area contributed by atoms with Crippen molar-refractivity contribution in [2.24, 2.45) is 11.8 Å². The molecule has 1 aromatic carbocycles. The minimum Gasteiger partial charge on any atom is -0.382 e. The highest BCUT2D eigenvalue weighted by Crippen LogP contribution is 2.29. The molecule has 6 nitrogen and oxygen atoms in total. The Kier molecular flexibility index (Phi) is 8.59. The van der Waals surface area contributed by atoms with Gasteiger partial charge in [-0.2, -0.15) is 8.42 Å². The van der Waals surface area contributed by atoms with E-state index in [1.165, 1.54) is 0 Å². The lowest BCUT2D eigenvalue weighted by Gasteiger charge is -2.28. The number of hydrogen-bond acceptors (Lipinski definition) is 5. The van der Waals surface area contributed by atoms with Crippen LogP contribution in [0.2, 0.25) is 0 Å². The maximum Gasteiger partial charge on any atom is 0.306 e. The van der Waals surface area contributed by atoms with E-state index in [0.29, 0.717) is 24.6 Å². The van der Waals surface area contributed by atoms with E-state index in [1.807, 2.05) is 39.8 Å². The van der Waals surface area contributed by atoms with Crippen molar-refractivity contribution in [1.29, 1.82) is 0 Å². The lowest BCUT2D eigenvalue weighted by atomic mass is 10.1. The first-order valence-electron chi connectivity index (χ1n) is 9.54. The predicted molar refractivity (Wildman–Crippen MR) is 111 cm³/mol. The van der Waals surface area contributed by atoms with E-state index >= 15 is 0 Å². The molecule has 0 bridgehead atoms. The first-order valence-corrected chi connectivity index (χ1v) is 11.4. The molecule has 0 saturated heterocycles. The second-order valence-electron chi connectivity index (χ2n) is 7.52. The minimum absolute atomic E-state index is 0.0434. The van der Waals surface area contributed by atoms with Gasteiger partial charge in [0.25, 0.3) is 0 Å². The van der Waals surface area contributed by atoms with E-state index in [1.54, 1.807) is 11.0 Å². The first-order chi connectivity index (χ1) is 12.5. The summed E-state index contributed by atoms with van der Waals surface area (Å²) in [4.78, 5) is 16.5. The van der Waals surface area contributed by atoms with Gasteiger partial charge in [-0.05, 0) is 25.8 Å². The Balaban J connectivity index is 3.31. The van der Waals surface area contributed by atoms with Crippen LogP contribution in [0.3, 0.4) is 0 Å². The quantitative estimate of drug-likeness (QED) is 0.564. The van der Waals surface area contributed by atoms with Crippen LogP contribution in [0.4, 0.5) is 5.69 Å². The summed E-state index contributed by atoms with van der Waals surface area (Å²) < 4.78 is 28.8. The van der Waals surface area contributed by atoms with Crippen molar-refractivity contribution in [2.75, 3.05) is 30.8 Å². The molecular formula is C20H34N2O4S. The highest BCUT2D eigenvalue weighted by Gasteiger charge is 2.21. The van der Waals surface area contributed by atoms with E-state index < -0.39 is 10.1 Å². The lowest BCUT2D eigenvalue weighted by Crippen LogP contribution is -2.36. The van der Waals surface area contributed by atoms with Crippen molar-refractivity contribution in [3.63, 3.8) is 0 Å². The van der Waals surface area contributed by atoms with E-state index in [4.69, 9.17) is 4.18 Å². The Labute approximate surface area is 164 Å². The molecule has 0 atom stereocenters. The molecule has 27 heavy (non-hydrogen) atoms. The first kappa shape index (κ1) is 23.3. The van der Waals surface area contributed by atoms with Gasteiger partial charge in [0.1, 0.15) is 5.75 Å². The fraction of sp³-hybridized carbons (Fsp3) is 0.650. The number of amides is 1. The largest absolute Gasteiger partial charge is 0.382 e. The fourth-order valence-corrected chi connectivity index (χ4v) is 3.43. The highest BCUT2D eigenvalue weighted by molar-refractivity contribution is 7.86. The van der Waals surface area contributed by atoms with Crippen molar-refractivity contribution in [3.05, 3.63) is 23.8 Å². The zero-order valence-corrected chi connectivity index (χ0v) is 18.5. The van der Waals surface area contributed by atoms with Crippen molar-refractivity contribution in [2.45, 2.75) is 48.1 Å². The van der Waals surface area contributed by atoms with Crippen molar-refractivity contribution >= 4 is 21.7 Å². The number of rotatable bonds is 10. The number of anilines is 1. The van der Waals surface area contributed by atoms with E-state index in [0.717, 1.165) is 25.0 Å². The second kappa shape index (κ2) is 9.97. The van der Waals surface area contributed by atoms with E-state index in [9.17, 15) is 13.2 Å². The molecule has 1 amide bonds. The molecule has 0 radical (unpaired) electrons. The Morgan fingerprint density at radius 2 is 1.70 bits per heavy atom. The van der Waals surface area contributed by atoms with Gasteiger partial charge in [-0.25, -0.2) is 0 Å². The summed E-state index contributed by atoms with van der Waals surface area (Å²) >= 11 is 0. The van der Waals surface area contributed by atoms with Gasteiger partial charge in [0.05, 0.1) is 6.26 Å². The number of nitrogens with zero attached hydrogens (tertiary/aromatic N) is 2. The smallest absolute Gasteiger partial charge is 0.306 e. The molecule has 154 valence electrons. The molecule has 0 aliphatic rings. The summed E-state index contributed by atoms with van der Waals surface area (Å²) in [5.74, 6) is 0.508. The summed E-state index contributed by atoms with van der Waals surface area (Å²) in [7, 11) is -3.67. The Morgan fingerprint density at radius 1 is 1.11 bits per heavy atom. The van der Waals surface area contributed by atoms with Crippen LogP contribution in [0.15, 0.2) is 18.2 Å². The number of carbonyl (C=O) groups excluding carboxylic acids is 1. The molecule has 0 unspecified atom stereocenters. The molecule has 0 aliphatic heterocycles. The van der Waals surface area contributed by atoms with Crippen LogP contribution in [-0.4, -0.2) is 45.1 Å². The molecule has 0 fully saturated rings. The Morgan fingerprint density at radius 3 is 2.15 bits per heavy atom. The van der Waals surface area contributed by atoms with Gasteiger partial charge in [-0.1, -0.05) is 33.8 Å². The van der Waals surface area contributed by atoms with Crippen LogP contribution in [0.1, 0.15) is 47.1 Å². The van der Waals surface area contributed by atoms with E-state index in [-0.39, 0.29) is 17.6 Å². The third-order valence-corrected chi connectivity index (χ3v) is 4.66. The molecular weight excluding hydrogens is 364 g/mol. The lowest BCUT2D eigenvalue weighted by molar-refractivity contribution is -0.135. The maximum atomic E-state index is 12.6. The zero-order valence-electron chi connectivity index (χ0n) is 17.7. The average molecular weight is 399 g/mol. The Hall–Kier alpha value is -1.76. The maximum absolute atomic E-state index is 12.6. The van der Waals surface area contributed by atoms with Crippen molar-refractivity contribution < 1.29 is 17.4 Å². The number of carbonyl (C=O) groups is 1. The zero-order chi connectivity index (χ0) is 20.8. The molecule has 0 saturated carbocycles. The van der Waals surface area contributed by atoms with Gasteiger partial charge >= 0.3 is 10.1 Å². The third kappa shape index (κ3) is 7.40. The van der Waals surface area contributed by atoms with Crippen molar-refractivity contribution in [3.8, 4) is 5.75 Å². The molecule has 1 aromatic rings. The molecule has 0 aliphatic carbocycles. The number of benzene rings is 1. The molecule has 1 rings (SSSR count). The van der Waals surface area contributed by atoms with Crippen LogP contribution in [0, 0.1) is 11.8 Å². The monoisotopic (exact) mass is 398 g/mol. The van der Waals surface area contributed by atoms with Gasteiger partial charge in [-0.3, -0.25) is 4.79 Å². The minimum atomic E-state index is -3.67. The van der Waals surface area contributed by atoms with Crippen LogP contribution in [-0.2, 0) is 21.5 Å². The van der Waals surface area contributed by atoms with Crippen LogP contribution in [0.25, 0.3) is 0 Å². The van der Waals surface area contributed by atoms with Crippen LogP contribution >= 0.6 is 0 Å². The molecule has 0 heterocycles. The van der Waals surface area contributed by atoms with Crippen LogP contribution in [0.5, 0.6) is 5.75 Å². The molecule has 0 N–H and O–H groups in total. The van der Waals surface area contributed by atoms with Crippen molar-refractivity contribution in [1.82, 2.24) is 4.90 Å². The van der Waals surface area contributed by atoms with E-state index in [2.05, 4.69) is 18.7 Å². The topological polar surface area (TPSA) is 66.9 Å². The SMILES string of the molecule is CCN(CC)c1ccc(CN(CC(C)C)C(=O)C(C)C)c(OS(C)(=O)=O)c1. The fourth-order valence-electron chi connectivity index (χ4n) is 2.94. The van der Waals surface area contributed by atoms with Gasteiger partial charge in [0, 0.05) is 49.4 Å². The summed E-state index contributed by atoms with van der Waals surface area (Å²) in [6.07, 6.45) is 1.03. The summed E-state index contributed by atoms with van der Waals surface area (Å²) in [5, 5.41) is 0. The molecule has 7 heteroatoms. The third-order valence-electron chi connectivity index (χ3n) is 4.17. The summed E-state index contributed by atoms with van der Waals surface area (Å²) in [6, 6.07) is 5.55. The standard InChI is InChI=1S/C20H34N2O4S/c1-8-21(9-2)18-11-10-17(19(12-18)26-27(7,24)25)14-22(13-15(3)4)20(23)16(5)6/h10-12,15-16H,8-9,13-14H2,1-7H3. The van der Waals surface area contributed by atoms with Gasteiger partial charge in [0.2, 0.25) is 5.91 Å². The average Bonchev–Trinajstić information content (AvgIpc) is 2.54. The van der Waals surface area contributed by atoms with Gasteiger partial charge in [0.15, 0.2) is 0 Å². The molecule has 0 spiro atoms. The summed E-state index contributed by atoms with van der Waals surface area (Å²) in [6.45, 7) is 14.5. The number of hydrogen-bond donors (Lipinski definition) is 0. The highest BCUT2D eigenvalue weighted by atomic mass is 32.2. The van der Waals surface area contributed by atoms with Gasteiger partial charge < -0.3 is 14.0 Å². The summed E-state index contributed by atoms with van der Waals surface area (Å²) in [5.41, 5.74) is 1.58. The second-order valence-corrected chi connectivity index (χ2v) is 9.09. The van der Waals surface area contributed by atoms with Gasteiger partial charge in [-0.15, -0.1) is 0 Å². The van der Waals surface area contributed by atoms with Crippen LogP contribution < -0.4 is 9.08 Å². The normalized spacial score (nSPS) is 11.7. The predicted octanol–water partition coefficient (Wildman–Crippen LogP) is 3.51. The Bertz CT molecular complexity index is 725.